The Morgan fingerprint density at radius 2 is 1.16 bits per heavy atom. The largest absolute Gasteiger partial charge is 0.497 e. The minimum absolute atomic E-state index is 0.100. The molecule has 6 rings (SSSR count). The average Bonchev–Trinajstić information content (AvgIpc) is 3.42. The lowest BCUT2D eigenvalue weighted by Gasteiger charge is -2.23. The van der Waals surface area contributed by atoms with Gasteiger partial charge < -0.3 is 28.7 Å². The second-order valence-electron chi connectivity index (χ2n) is 11.1. The first-order valence-electron chi connectivity index (χ1n) is 14.5. The minimum atomic E-state index is -0.302. The Morgan fingerprint density at radius 1 is 0.721 bits per heavy atom. The number of rotatable bonds is 10. The maximum Gasteiger partial charge on any atom is 0.257 e. The maximum absolute atomic E-state index is 13.3. The van der Waals surface area contributed by atoms with Gasteiger partial charge in [-0.25, -0.2) is 0 Å². The number of fused-ring (bicyclic) bond motifs is 4. The molecule has 2 aromatic rings. The zero-order valence-corrected chi connectivity index (χ0v) is 24.5. The fraction of sp³-hybridized carbons (Fsp3) is 0.394. The predicted molar refractivity (Wildman–Crippen MR) is 164 cm³/mol. The van der Waals surface area contributed by atoms with Gasteiger partial charge in [0.1, 0.15) is 23.7 Å². The third kappa shape index (κ3) is 5.48. The number of ether oxygens (including phenoxy) is 4. The molecule has 43 heavy (non-hydrogen) atoms. The first-order chi connectivity index (χ1) is 20.9. The number of methoxy groups -OCH3 is 2. The molecule has 2 aromatic carbocycles. The molecule has 2 fully saturated rings. The first-order valence-corrected chi connectivity index (χ1v) is 14.5. The van der Waals surface area contributed by atoms with Gasteiger partial charge in [-0.05, 0) is 66.8 Å². The van der Waals surface area contributed by atoms with Crippen molar-refractivity contribution in [2.75, 3.05) is 40.5 Å². The number of aliphatic imine (C=N–C) groups is 2. The number of benzene rings is 2. The van der Waals surface area contributed by atoms with Crippen LogP contribution in [0.15, 0.2) is 70.7 Å². The van der Waals surface area contributed by atoms with E-state index in [9.17, 15) is 9.59 Å². The lowest BCUT2D eigenvalue weighted by atomic mass is 10.1. The van der Waals surface area contributed by atoms with Crippen LogP contribution in [0.3, 0.4) is 0 Å². The van der Waals surface area contributed by atoms with Crippen molar-refractivity contribution in [1.29, 1.82) is 0 Å². The molecule has 0 saturated carbocycles. The highest BCUT2D eigenvalue weighted by molar-refractivity contribution is 6.04. The van der Waals surface area contributed by atoms with Gasteiger partial charge in [0.2, 0.25) is 0 Å². The van der Waals surface area contributed by atoms with Gasteiger partial charge in [0, 0.05) is 38.7 Å². The Bertz CT molecular complexity index is 1410. The molecule has 0 spiro atoms. The van der Waals surface area contributed by atoms with E-state index in [4.69, 9.17) is 18.9 Å². The number of hydrogen-bond donors (Lipinski definition) is 0. The summed E-state index contributed by atoms with van der Waals surface area (Å²) in [5.74, 6) is 1.04. The second kappa shape index (κ2) is 12.1. The zero-order chi connectivity index (χ0) is 30.1. The van der Waals surface area contributed by atoms with Crippen molar-refractivity contribution < 1.29 is 28.5 Å². The van der Waals surface area contributed by atoms with Gasteiger partial charge in [0.25, 0.3) is 11.8 Å². The van der Waals surface area contributed by atoms with E-state index in [0.29, 0.717) is 60.3 Å². The summed E-state index contributed by atoms with van der Waals surface area (Å²) in [4.78, 5) is 39.3. The van der Waals surface area contributed by atoms with Crippen LogP contribution in [-0.2, 0) is 9.47 Å². The number of amides is 2. The molecule has 0 radical (unpaired) electrons. The number of unbranched alkanes of at least 4 members (excludes halogenated alkanes) is 2. The molecule has 0 bridgehead atoms. The molecule has 2 amide bonds. The van der Waals surface area contributed by atoms with Crippen molar-refractivity contribution in [2.45, 2.75) is 43.6 Å². The van der Waals surface area contributed by atoms with Gasteiger partial charge in [0.05, 0.1) is 48.8 Å². The van der Waals surface area contributed by atoms with Crippen LogP contribution in [0.5, 0.6) is 11.5 Å². The van der Waals surface area contributed by atoms with E-state index in [1.807, 2.05) is 0 Å². The van der Waals surface area contributed by atoms with Crippen molar-refractivity contribution >= 4 is 35.6 Å². The molecule has 0 aromatic heterocycles. The van der Waals surface area contributed by atoms with E-state index in [0.717, 1.165) is 30.4 Å². The quantitative estimate of drug-likeness (QED) is 0.300. The smallest absolute Gasteiger partial charge is 0.257 e. The number of hydrogen-bond acceptors (Lipinski definition) is 8. The van der Waals surface area contributed by atoms with Crippen LogP contribution in [-0.4, -0.2) is 98.9 Å². The van der Waals surface area contributed by atoms with E-state index >= 15 is 0 Å². The van der Waals surface area contributed by atoms with Gasteiger partial charge in [0.15, 0.2) is 0 Å². The highest BCUT2D eigenvalue weighted by Gasteiger charge is 2.43. The highest BCUT2D eigenvalue weighted by Crippen LogP contribution is 2.35. The Labute approximate surface area is 251 Å². The predicted octanol–water partition coefficient (Wildman–Crippen LogP) is 4.54. The van der Waals surface area contributed by atoms with Crippen molar-refractivity contribution in [3.05, 3.63) is 71.8 Å². The summed E-state index contributed by atoms with van der Waals surface area (Å²) in [6.45, 7) is 10.3. The van der Waals surface area contributed by atoms with Gasteiger partial charge >= 0.3 is 0 Å². The van der Waals surface area contributed by atoms with Crippen LogP contribution in [0.1, 0.15) is 40.0 Å². The van der Waals surface area contributed by atoms with Gasteiger partial charge in [-0.15, -0.1) is 0 Å². The summed E-state index contributed by atoms with van der Waals surface area (Å²) >= 11 is 0. The van der Waals surface area contributed by atoms with Gasteiger partial charge in [-0.1, -0.05) is 13.2 Å². The molecule has 4 aliphatic heterocycles. The Hall–Kier alpha value is -4.28. The maximum atomic E-state index is 13.3. The van der Waals surface area contributed by atoms with Crippen LogP contribution >= 0.6 is 0 Å². The molecule has 4 aliphatic rings. The number of carbonyl (C=O) groups is 2. The number of nitrogens with zero attached hydrogens (tertiary/aromatic N) is 4. The molecule has 2 saturated heterocycles. The molecule has 4 atom stereocenters. The average molecular weight is 585 g/mol. The number of carbonyl (C=O) groups excluding carboxylic acids is 2. The molecule has 4 heterocycles. The Morgan fingerprint density at radius 3 is 1.58 bits per heavy atom. The topological polar surface area (TPSA) is 102 Å². The van der Waals surface area contributed by atoms with Crippen molar-refractivity contribution in [2.24, 2.45) is 9.98 Å². The van der Waals surface area contributed by atoms with Gasteiger partial charge in [-0.3, -0.25) is 19.6 Å². The minimum Gasteiger partial charge on any atom is -0.497 e. The van der Waals surface area contributed by atoms with Crippen molar-refractivity contribution in [3.63, 3.8) is 0 Å². The molecule has 10 heteroatoms. The lowest BCUT2D eigenvalue weighted by molar-refractivity contribution is 0.0439. The van der Waals surface area contributed by atoms with Crippen molar-refractivity contribution in [1.82, 2.24) is 9.80 Å². The van der Waals surface area contributed by atoms with Crippen LogP contribution in [0.4, 0.5) is 11.4 Å². The molecule has 4 unspecified atom stereocenters. The molecular formula is C33H36N4O6. The van der Waals surface area contributed by atoms with E-state index in [1.54, 1.807) is 72.8 Å². The first kappa shape index (κ1) is 28.8. The zero-order valence-electron chi connectivity index (χ0n) is 24.5. The summed E-state index contributed by atoms with van der Waals surface area (Å²) in [7, 11) is 3.15. The summed E-state index contributed by atoms with van der Waals surface area (Å²) in [6.07, 6.45) is 5.55. The lowest BCUT2D eigenvalue weighted by Crippen LogP contribution is -2.40. The fourth-order valence-electron chi connectivity index (χ4n) is 6.08. The molecule has 0 N–H and O–H groups in total. The van der Waals surface area contributed by atoms with E-state index < -0.39 is 0 Å². The SMILES string of the molecule is C=C1CN2C(=O)c3cc(OC)ccc3N=CC2C1OCCCCCOC1C(=C)CN2C(=O)c3cc(OC)ccc3N=CC12. The summed E-state index contributed by atoms with van der Waals surface area (Å²) in [5, 5.41) is 0. The Kier molecular flexibility index (Phi) is 8.14. The monoisotopic (exact) mass is 584 g/mol. The third-order valence-corrected chi connectivity index (χ3v) is 8.40. The summed E-state index contributed by atoms with van der Waals surface area (Å²) in [5.41, 5.74) is 4.02. The molecule has 0 aliphatic carbocycles. The molecular weight excluding hydrogens is 548 g/mol. The third-order valence-electron chi connectivity index (χ3n) is 8.40. The molecule has 224 valence electrons. The van der Waals surface area contributed by atoms with Crippen molar-refractivity contribution in [3.8, 4) is 11.5 Å². The van der Waals surface area contributed by atoms with Crippen LogP contribution in [0.25, 0.3) is 0 Å². The van der Waals surface area contributed by atoms with E-state index in [-0.39, 0.29) is 36.1 Å². The summed E-state index contributed by atoms with van der Waals surface area (Å²) < 4.78 is 23.1. The summed E-state index contributed by atoms with van der Waals surface area (Å²) in [6, 6.07) is 10.1. The molecule has 10 nitrogen and oxygen atoms in total. The standard InChI is InChI=1S/C33H36N4O6/c1-20-18-36-28(16-34-26-10-8-22(40-3)14-24(26)32(36)38)30(20)42-12-6-5-7-13-43-31-21(2)19-37-29(31)17-35-27-11-9-23(41-4)15-25(27)33(37)39/h8-11,14-17,28-31H,1-2,5-7,12-13,18-19H2,3-4H3. The van der Waals surface area contributed by atoms with Crippen LogP contribution < -0.4 is 9.47 Å². The second-order valence-corrected chi connectivity index (χ2v) is 11.1. The Balaban J connectivity index is 0.974. The van der Waals surface area contributed by atoms with Crippen LogP contribution in [0, 0.1) is 0 Å². The highest BCUT2D eigenvalue weighted by atomic mass is 16.5. The van der Waals surface area contributed by atoms with E-state index in [2.05, 4.69) is 23.1 Å². The van der Waals surface area contributed by atoms with E-state index in [1.165, 1.54) is 0 Å². The fourth-order valence-corrected chi connectivity index (χ4v) is 6.08. The van der Waals surface area contributed by atoms with Crippen LogP contribution in [0.2, 0.25) is 0 Å². The van der Waals surface area contributed by atoms with Gasteiger partial charge in [-0.2, -0.15) is 0 Å². The normalized spacial score (nSPS) is 24.0.